The molecule has 0 saturated carbocycles. The van der Waals surface area contributed by atoms with Crippen molar-refractivity contribution in [3.05, 3.63) is 83.5 Å². The molecule has 0 amide bonds. The maximum absolute atomic E-state index is 12.2. The molecule has 1 aromatic heterocycles. The largest absolute Gasteiger partial charge is 0.479 e. The molecular weight excluding hydrogens is 448 g/mol. The van der Waals surface area contributed by atoms with Crippen LogP contribution in [0.4, 0.5) is 0 Å². The van der Waals surface area contributed by atoms with Crippen LogP contribution in [0, 0.1) is 0 Å². The molecule has 0 fully saturated rings. The van der Waals surface area contributed by atoms with Crippen molar-refractivity contribution in [2.45, 2.75) is 24.5 Å². The van der Waals surface area contributed by atoms with Gasteiger partial charge in [0.15, 0.2) is 6.10 Å². The maximum Gasteiger partial charge on any atom is 0.347 e. The molecular formula is C24H19ClN2O4S. The van der Waals surface area contributed by atoms with E-state index in [2.05, 4.69) is 22.6 Å². The third-order valence-corrected chi connectivity index (χ3v) is 5.21. The van der Waals surface area contributed by atoms with Crippen LogP contribution in [0.1, 0.15) is 12.5 Å². The number of hydrogen-bond donors (Lipinski definition) is 1. The number of nitrogens with zero attached hydrogens (tertiary/aromatic N) is 2. The highest BCUT2D eigenvalue weighted by Crippen LogP contribution is 2.25. The minimum absolute atomic E-state index is 0.137. The first-order valence-electron chi connectivity index (χ1n) is 9.78. The zero-order chi connectivity index (χ0) is 22.5. The zero-order valence-corrected chi connectivity index (χ0v) is 18.7. The number of rotatable bonds is 7. The predicted molar refractivity (Wildman–Crippen MR) is 125 cm³/mol. The van der Waals surface area contributed by atoms with Crippen LogP contribution in [-0.4, -0.2) is 22.0 Å². The van der Waals surface area contributed by atoms with Gasteiger partial charge in [-0.1, -0.05) is 29.8 Å². The number of carbonyl (C=O) groups is 1. The van der Waals surface area contributed by atoms with E-state index in [1.807, 2.05) is 24.3 Å². The fourth-order valence-electron chi connectivity index (χ4n) is 2.87. The molecule has 0 aliphatic rings. The Hall–Kier alpha value is -3.29. The van der Waals surface area contributed by atoms with Gasteiger partial charge in [0.1, 0.15) is 18.1 Å². The number of fused-ring (bicyclic) bond motifs is 1. The van der Waals surface area contributed by atoms with E-state index in [4.69, 9.17) is 25.8 Å². The molecule has 4 rings (SSSR count). The Morgan fingerprint density at radius 1 is 1.03 bits per heavy atom. The van der Waals surface area contributed by atoms with E-state index in [0.29, 0.717) is 33.4 Å². The fourth-order valence-corrected chi connectivity index (χ4v) is 3.27. The number of ether oxygens (including phenoxy) is 3. The molecule has 1 unspecified atom stereocenters. The lowest BCUT2D eigenvalue weighted by Crippen LogP contribution is -2.26. The first-order chi connectivity index (χ1) is 15.5. The molecule has 3 aromatic carbocycles. The van der Waals surface area contributed by atoms with Gasteiger partial charge in [0.2, 0.25) is 5.88 Å². The standard InChI is InChI=1S/C24H19ClN2O4S/c1-15(24(28)29-14-16-4-2-3-5-22(16)32)30-18-7-9-19(10-8-18)31-23-13-26-21-12-17(25)6-11-20(21)27-23/h2-13,15,32H,14H2,1H3. The summed E-state index contributed by atoms with van der Waals surface area (Å²) in [4.78, 5) is 21.7. The minimum Gasteiger partial charge on any atom is -0.479 e. The van der Waals surface area contributed by atoms with Gasteiger partial charge in [-0.25, -0.2) is 14.8 Å². The van der Waals surface area contributed by atoms with Crippen molar-refractivity contribution < 1.29 is 19.0 Å². The Bertz CT molecular complexity index is 1250. The molecule has 32 heavy (non-hydrogen) atoms. The van der Waals surface area contributed by atoms with Crippen LogP contribution in [0.5, 0.6) is 17.4 Å². The number of carbonyl (C=O) groups excluding carboxylic acids is 1. The van der Waals surface area contributed by atoms with Crippen molar-refractivity contribution in [2.24, 2.45) is 0 Å². The van der Waals surface area contributed by atoms with E-state index < -0.39 is 12.1 Å². The lowest BCUT2D eigenvalue weighted by atomic mass is 10.2. The molecule has 1 heterocycles. The molecule has 0 saturated heterocycles. The average molecular weight is 467 g/mol. The summed E-state index contributed by atoms with van der Waals surface area (Å²) >= 11 is 10.3. The smallest absolute Gasteiger partial charge is 0.347 e. The molecule has 0 bridgehead atoms. The molecule has 8 heteroatoms. The van der Waals surface area contributed by atoms with Crippen molar-refractivity contribution in [1.29, 1.82) is 0 Å². The minimum atomic E-state index is -0.771. The summed E-state index contributed by atoms with van der Waals surface area (Å²) < 4.78 is 16.8. The van der Waals surface area contributed by atoms with Crippen LogP contribution < -0.4 is 9.47 Å². The van der Waals surface area contributed by atoms with Gasteiger partial charge in [0, 0.05) is 15.5 Å². The van der Waals surface area contributed by atoms with Crippen LogP contribution >= 0.6 is 24.2 Å². The highest BCUT2D eigenvalue weighted by atomic mass is 35.5. The molecule has 6 nitrogen and oxygen atoms in total. The molecule has 0 aliphatic carbocycles. The van der Waals surface area contributed by atoms with Gasteiger partial charge in [-0.15, -0.1) is 12.6 Å². The number of halogens is 1. The monoisotopic (exact) mass is 466 g/mol. The average Bonchev–Trinajstić information content (AvgIpc) is 2.79. The summed E-state index contributed by atoms with van der Waals surface area (Å²) in [6.07, 6.45) is 0.761. The SMILES string of the molecule is CC(Oc1ccc(Oc2cnc3cc(Cl)ccc3n2)cc1)C(=O)OCc1ccccc1S. The summed E-state index contributed by atoms with van der Waals surface area (Å²) in [6, 6.07) is 19.6. The second kappa shape index (κ2) is 9.89. The third kappa shape index (κ3) is 5.49. The van der Waals surface area contributed by atoms with E-state index >= 15 is 0 Å². The highest BCUT2D eigenvalue weighted by Gasteiger charge is 2.17. The lowest BCUT2D eigenvalue weighted by Gasteiger charge is -2.15. The van der Waals surface area contributed by atoms with Gasteiger partial charge in [-0.05, 0) is 55.5 Å². The van der Waals surface area contributed by atoms with Crippen LogP contribution in [-0.2, 0) is 16.1 Å². The molecule has 0 radical (unpaired) electrons. The van der Waals surface area contributed by atoms with Crippen molar-refractivity contribution in [3.63, 3.8) is 0 Å². The van der Waals surface area contributed by atoms with Gasteiger partial charge in [-0.2, -0.15) is 0 Å². The predicted octanol–water partition coefficient (Wildman–Crippen LogP) is 5.87. The van der Waals surface area contributed by atoms with Gasteiger partial charge in [-0.3, -0.25) is 0 Å². The quantitative estimate of drug-likeness (QED) is 0.271. The van der Waals surface area contributed by atoms with Gasteiger partial charge < -0.3 is 14.2 Å². The van der Waals surface area contributed by atoms with Gasteiger partial charge >= 0.3 is 5.97 Å². The van der Waals surface area contributed by atoms with Crippen LogP contribution in [0.15, 0.2) is 77.8 Å². The van der Waals surface area contributed by atoms with Crippen molar-refractivity contribution in [1.82, 2.24) is 9.97 Å². The Kier molecular flexibility index (Phi) is 6.78. The number of benzene rings is 3. The van der Waals surface area contributed by atoms with Crippen molar-refractivity contribution >= 4 is 41.2 Å². The van der Waals surface area contributed by atoms with E-state index in [1.165, 1.54) is 6.20 Å². The topological polar surface area (TPSA) is 70.5 Å². The van der Waals surface area contributed by atoms with Gasteiger partial charge in [0.25, 0.3) is 0 Å². The Balaban J connectivity index is 1.33. The summed E-state index contributed by atoms with van der Waals surface area (Å²) in [5.41, 5.74) is 2.20. The van der Waals surface area contributed by atoms with Crippen LogP contribution in [0.2, 0.25) is 5.02 Å². The molecule has 1 atom stereocenters. The number of aromatic nitrogens is 2. The highest BCUT2D eigenvalue weighted by molar-refractivity contribution is 7.80. The number of hydrogen-bond acceptors (Lipinski definition) is 7. The Labute approximate surface area is 195 Å². The molecule has 4 aromatic rings. The maximum atomic E-state index is 12.2. The van der Waals surface area contributed by atoms with E-state index in [-0.39, 0.29) is 6.61 Å². The number of esters is 1. The molecule has 0 N–H and O–H groups in total. The summed E-state index contributed by atoms with van der Waals surface area (Å²) in [7, 11) is 0. The third-order valence-electron chi connectivity index (χ3n) is 4.53. The second-order valence-corrected chi connectivity index (χ2v) is 7.83. The Morgan fingerprint density at radius 2 is 1.78 bits per heavy atom. The molecule has 0 spiro atoms. The van der Waals surface area contributed by atoms with Crippen LogP contribution in [0.25, 0.3) is 11.0 Å². The molecule has 0 aliphatic heterocycles. The van der Waals surface area contributed by atoms with E-state index in [1.54, 1.807) is 49.4 Å². The second-order valence-electron chi connectivity index (χ2n) is 6.91. The first kappa shape index (κ1) is 21.9. The van der Waals surface area contributed by atoms with E-state index in [9.17, 15) is 4.79 Å². The van der Waals surface area contributed by atoms with Gasteiger partial charge in [0.05, 0.1) is 17.2 Å². The first-order valence-corrected chi connectivity index (χ1v) is 10.6. The zero-order valence-electron chi connectivity index (χ0n) is 17.1. The Morgan fingerprint density at radius 3 is 2.56 bits per heavy atom. The number of thiol groups is 1. The van der Waals surface area contributed by atoms with Crippen LogP contribution in [0.3, 0.4) is 0 Å². The van der Waals surface area contributed by atoms with Crippen molar-refractivity contribution in [2.75, 3.05) is 0 Å². The van der Waals surface area contributed by atoms with Crippen molar-refractivity contribution in [3.8, 4) is 17.4 Å². The normalized spacial score (nSPS) is 11.7. The summed E-state index contributed by atoms with van der Waals surface area (Å²) in [5.74, 6) is 0.958. The molecule has 162 valence electrons. The summed E-state index contributed by atoms with van der Waals surface area (Å²) in [6.45, 7) is 1.77. The van der Waals surface area contributed by atoms with E-state index in [0.717, 1.165) is 10.5 Å². The lowest BCUT2D eigenvalue weighted by molar-refractivity contribution is -0.152. The summed E-state index contributed by atoms with van der Waals surface area (Å²) in [5, 5.41) is 0.598. The fraction of sp³-hybridized carbons (Fsp3) is 0.125.